The minimum absolute atomic E-state index is 0.291. The topological polar surface area (TPSA) is 49.4 Å². The predicted octanol–water partition coefficient (Wildman–Crippen LogP) is 2.72. The van der Waals surface area contributed by atoms with Crippen molar-refractivity contribution in [3.05, 3.63) is 29.8 Å². The van der Waals surface area contributed by atoms with Gasteiger partial charge in [0.2, 0.25) is 10.0 Å². The number of rotatable bonds is 5. The van der Waals surface area contributed by atoms with Crippen LogP contribution in [0.25, 0.3) is 0 Å². The predicted molar refractivity (Wildman–Crippen MR) is 81.5 cm³/mol. The van der Waals surface area contributed by atoms with E-state index in [-0.39, 0.29) is 4.90 Å². The van der Waals surface area contributed by atoms with Crippen LogP contribution < -0.4 is 5.32 Å². The molecule has 8 heteroatoms. The lowest BCUT2D eigenvalue weighted by Gasteiger charge is -2.31. The molecule has 1 aromatic carbocycles. The molecular weight excluding hydrogens is 329 g/mol. The van der Waals surface area contributed by atoms with E-state index in [4.69, 9.17) is 0 Å². The number of hydrogen-bond donors (Lipinski definition) is 1. The van der Waals surface area contributed by atoms with Crippen LogP contribution >= 0.6 is 0 Å². The summed E-state index contributed by atoms with van der Waals surface area (Å²) >= 11 is 0. The van der Waals surface area contributed by atoms with Gasteiger partial charge in [-0.3, -0.25) is 0 Å². The highest BCUT2D eigenvalue weighted by molar-refractivity contribution is 7.89. The van der Waals surface area contributed by atoms with E-state index in [1.54, 1.807) is 0 Å². The maximum atomic E-state index is 12.8. The summed E-state index contributed by atoms with van der Waals surface area (Å²) in [5.41, 5.74) is -0.942. The Kier molecular flexibility index (Phi) is 5.70. The van der Waals surface area contributed by atoms with Crippen molar-refractivity contribution in [1.82, 2.24) is 9.62 Å². The second kappa shape index (κ2) is 7.19. The Hall–Kier alpha value is -1.12. The highest BCUT2D eigenvalue weighted by Crippen LogP contribution is 2.32. The Morgan fingerprint density at radius 2 is 1.91 bits per heavy atom. The molecule has 2 rings (SSSR count). The Bertz CT molecular complexity index is 624. The number of alkyl halides is 3. The number of nitrogens with one attached hydrogen (secondary N) is 1. The zero-order valence-electron chi connectivity index (χ0n) is 12.9. The second-order valence-electron chi connectivity index (χ2n) is 5.77. The molecule has 1 heterocycles. The lowest BCUT2D eigenvalue weighted by atomic mass is 9.95. The molecule has 1 N–H and O–H groups in total. The first-order chi connectivity index (χ1) is 10.7. The third kappa shape index (κ3) is 4.45. The minimum Gasteiger partial charge on any atom is -0.320 e. The molecule has 0 bridgehead atoms. The third-order valence-corrected chi connectivity index (χ3v) is 6.07. The van der Waals surface area contributed by atoms with Gasteiger partial charge >= 0.3 is 6.18 Å². The fourth-order valence-corrected chi connectivity index (χ4v) is 4.28. The first-order valence-corrected chi connectivity index (χ1v) is 9.01. The molecule has 1 aromatic rings. The van der Waals surface area contributed by atoms with Crippen LogP contribution in [0.5, 0.6) is 0 Å². The lowest BCUT2D eigenvalue weighted by Crippen LogP contribution is -2.39. The van der Waals surface area contributed by atoms with Crippen molar-refractivity contribution in [1.29, 1.82) is 0 Å². The van der Waals surface area contributed by atoms with Crippen LogP contribution in [0.2, 0.25) is 0 Å². The van der Waals surface area contributed by atoms with Crippen LogP contribution in [0.4, 0.5) is 13.2 Å². The van der Waals surface area contributed by atoms with E-state index in [1.165, 1.54) is 10.4 Å². The Morgan fingerprint density at radius 3 is 2.48 bits per heavy atom. The van der Waals surface area contributed by atoms with Gasteiger partial charge in [-0.25, -0.2) is 8.42 Å². The van der Waals surface area contributed by atoms with Crippen LogP contribution in [0.1, 0.15) is 24.8 Å². The number of piperidine rings is 1. The van der Waals surface area contributed by atoms with Crippen LogP contribution in [-0.2, 0) is 16.2 Å². The molecule has 0 aromatic heterocycles. The quantitative estimate of drug-likeness (QED) is 0.888. The monoisotopic (exact) mass is 350 g/mol. The van der Waals surface area contributed by atoms with Crippen molar-refractivity contribution in [3.63, 3.8) is 0 Å². The molecule has 0 radical (unpaired) electrons. The van der Waals surface area contributed by atoms with Gasteiger partial charge in [0.15, 0.2) is 0 Å². The molecule has 1 aliphatic rings. The van der Waals surface area contributed by atoms with Gasteiger partial charge in [0.1, 0.15) is 0 Å². The third-order valence-electron chi connectivity index (χ3n) is 4.18. The van der Waals surface area contributed by atoms with E-state index in [9.17, 15) is 21.6 Å². The molecular formula is C15H21F3N2O2S. The molecule has 1 saturated heterocycles. The molecule has 0 saturated carbocycles. The number of sulfonamides is 1. The van der Waals surface area contributed by atoms with Crippen molar-refractivity contribution < 1.29 is 21.6 Å². The highest BCUT2D eigenvalue weighted by Gasteiger charge is 2.34. The Balaban J connectivity index is 2.11. The minimum atomic E-state index is -4.55. The first kappa shape index (κ1) is 18.2. The summed E-state index contributed by atoms with van der Waals surface area (Å²) in [6.07, 6.45) is -2.10. The maximum absolute atomic E-state index is 12.8. The number of halogens is 3. The van der Waals surface area contributed by atoms with Crippen LogP contribution in [-0.4, -0.2) is 39.4 Å². The van der Waals surface area contributed by atoms with Crippen molar-refractivity contribution in [2.45, 2.75) is 30.3 Å². The molecule has 0 aliphatic carbocycles. The van der Waals surface area contributed by atoms with Gasteiger partial charge in [-0.15, -0.1) is 0 Å². The van der Waals surface area contributed by atoms with Crippen LogP contribution in [0.15, 0.2) is 29.2 Å². The van der Waals surface area contributed by atoms with E-state index in [1.807, 2.05) is 7.05 Å². The highest BCUT2D eigenvalue weighted by atomic mass is 32.2. The van der Waals surface area contributed by atoms with E-state index >= 15 is 0 Å². The molecule has 0 unspecified atom stereocenters. The Morgan fingerprint density at radius 1 is 1.26 bits per heavy atom. The summed E-state index contributed by atoms with van der Waals surface area (Å²) in [6, 6.07) is 3.94. The summed E-state index contributed by atoms with van der Waals surface area (Å²) in [7, 11) is -2.00. The van der Waals surface area contributed by atoms with Crippen LogP contribution in [0.3, 0.4) is 0 Å². The lowest BCUT2D eigenvalue weighted by molar-refractivity contribution is -0.137. The van der Waals surface area contributed by atoms with Gasteiger partial charge in [0.05, 0.1) is 10.5 Å². The fourth-order valence-electron chi connectivity index (χ4n) is 2.77. The fraction of sp³-hybridized carbons (Fsp3) is 0.600. The smallest absolute Gasteiger partial charge is 0.320 e. The van der Waals surface area contributed by atoms with Gasteiger partial charge < -0.3 is 5.32 Å². The summed E-state index contributed by atoms with van der Waals surface area (Å²) in [6.45, 7) is 1.59. The zero-order valence-corrected chi connectivity index (χ0v) is 13.8. The molecule has 23 heavy (non-hydrogen) atoms. The van der Waals surface area contributed by atoms with Gasteiger partial charge in [-0.1, -0.05) is 6.07 Å². The Labute approximate surface area is 134 Å². The molecule has 0 atom stereocenters. The van der Waals surface area contributed by atoms with Gasteiger partial charge in [-0.2, -0.15) is 17.5 Å². The summed E-state index contributed by atoms with van der Waals surface area (Å²) in [4.78, 5) is -0.291. The average molecular weight is 350 g/mol. The van der Waals surface area contributed by atoms with Crippen LogP contribution in [0, 0.1) is 5.92 Å². The van der Waals surface area contributed by atoms with Gasteiger partial charge in [0.25, 0.3) is 0 Å². The standard InChI is InChI=1S/C15H21F3N2O2S/c1-19-8-5-12-6-9-20(10-7-12)23(21,22)14-4-2-3-13(11-14)15(16,17)18/h2-4,11-12,19H,5-10H2,1H3. The number of nitrogens with zero attached hydrogens (tertiary/aromatic N) is 1. The summed E-state index contributed by atoms with van der Waals surface area (Å²) in [5, 5.41) is 3.06. The van der Waals surface area contributed by atoms with Gasteiger partial charge in [0, 0.05) is 13.1 Å². The molecule has 1 fully saturated rings. The van der Waals surface area contributed by atoms with Crippen molar-refractivity contribution in [2.75, 3.05) is 26.7 Å². The van der Waals surface area contributed by atoms with E-state index in [0.717, 1.165) is 37.9 Å². The molecule has 130 valence electrons. The van der Waals surface area contributed by atoms with E-state index < -0.39 is 21.8 Å². The molecule has 0 spiro atoms. The summed E-state index contributed by atoms with van der Waals surface area (Å²) in [5.74, 6) is 0.454. The molecule has 4 nitrogen and oxygen atoms in total. The van der Waals surface area contributed by atoms with Crippen molar-refractivity contribution in [3.8, 4) is 0 Å². The number of hydrogen-bond acceptors (Lipinski definition) is 3. The zero-order chi connectivity index (χ0) is 17.1. The van der Waals surface area contributed by atoms with E-state index in [0.29, 0.717) is 25.1 Å². The largest absolute Gasteiger partial charge is 0.416 e. The second-order valence-corrected chi connectivity index (χ2v) is 7.70. The normalized spacial score (nSPS) is 18.3. The summed E-state index contributed by atoms with van der Waals surface area (Å²) < 4.78 is 64.6. The maximum Gasteiger partial charge on any atom is 0.416 e. The van der Waals surface area contributed by atoms with E-state index in [2.05, 4.69) is 5.32 Å². The molecule has 0 amide bonds. The average Bonchev–Trinajstić information content (AvgIpc) is 2.52. The SMILES string of the molecule is CNCCC1CCN(S(=O)(=O)c2cccc(C(F)(F)F)c2)CC1. The molecule has 1 aliphatic heterocycles. The first-order valence-electron chi connectivity index (χ1n) is 7.57. The van der Waals surface area contributed by atoms with Gasteiger partial charge in [-0.05, 0) is 57.0 Å². The van der Waals surface area contributed by atoms with Crippen molar-refractivity contribution in [2.24, 2.45) is 5.92 Å². The number of benzene rings is 1. The van der Waals surface area contributed by atoms with Crippen molar-refractivity contribution >= 4 is 10.0 Å².